The van der Waals surface area contributed by atoms with Crippen molar-refractivity contribution in [2.75, 3.05) is 28.7 Å². The molecule has 0 unspecified atom stereocenters. The fourth-order valence-electron chi connectivity index (χ4n) is 3.26. The number of carbonyl (C=O) groups is 2. The summed E-state index contributed by atoms with van der Waals surface area (Å²) >= 11 is 5.89. The standard InChI is InChI=1S/C23H20ClN5O3/c1-2-28-13-19(21(30)26-16-5-3-15(24)4-6-16)20(14-28)22(31)27-17-7-9-18(10-8-17)29-11-12-32-23(29)25/h2-10,13-14,25H,1,11-12H2,(H,26,30)(H,27,31). The van der Waals surface area contributed by atoms with Crippen molar-refractivity contribution in [3.05, 3.63) is 83.7 Å². The average Bonchev–Trinajstić information content (AvgIpc) is 3.42. The van der Waals surface area contributed by atoms with Gasteiger partial charge in [0.2, 0.25) is 0 Å². The van der Waals surface area contributed by atoms with E-state index in [2.05, 4.69) is 17.2 Å². The maximum Gasteiger partial charge on any atom is 0.289 e. The highest BCUT2D eigenvalue weighted by atomic mass is 35.5. The van der Waals surface area contributed by atoms with Gasteiger partial charge < -0.3 is 19.9 Å². The Bertz CT molecular complexity index is 1190. The molecular formula is C23H20ClN5O3. The van der Waals surface area contributed by atoms with Crippen molar-refractivity contribution >= 4 is 52.7 Å². The highest BCUT2D eigenvalue weighted by Crippen LogP contribution is 2.22. The molecule has 0 atom stereocenters. The van der Waals surface area contributed by atoms with Crippen LogP contribution in [-0.2, 0) is 4.74 Å². The number of hydrogen-bond donors (Lipinski definition) is 3. The van der Waals surface area contributed by atoms with Gasteiger partial charge in [0.25, 0.3) is 17.8 Å². The predicted molar refractivity (Wildman–Crippen MR) is 126 cm³/mol. The topological polar surface area (TPSA) is 99.5 Å². The van der Waals surface area contributed by atoms with E-state index >= 15 is 0 Å². The minimum Gasteiger partial charge on any atom is -0.463 e. The summed E-state index contributed by atoms with van der Waals surface area (Å²) in [6.07, 6.45) is 4.57. The Morgan fingerprint density at radius 2 is 1.50 bits per heavy atom. The lowest BCUT2D eigenvalue weighted by Crippen LogP contribution is -2.23. The van der Waals surface area contributed by atoms with E-state index in [9.17, 15) is 9.59 Å². The van der Waals surface area contributed by atoms with E-state index in [1.807, 2.05) is 0 Å². The van der Waals surface area contributed by atoms with E-state index < -0.39 is 11.8 Å². The van der Waals surface area contributed by atoms with E-state index in [1.54, 1.807) is 58.0 Å². The van der Waals surface area contributed by atoms with Crippen LogP contribution >= 0.6 is 11.6 Å². The minimum atomic E-state index is -0.433. The number of amidine groups is 1. The Morgan fingerprint density at radius 1 is 0.969 bits per heavy atom. The first-order valence-electron chi connectivity index (χ1n) is 9.76. The lowest BCUT2D eigenvalue weighted by molar-refractivity contribution is 0.0991. The quantitative estimate of drug-likeness (QED) is 0.515. The lowest BCUT2D eigenvalue weighted by atomic mass is 10.1. The van der Waals surface area contributed by atoms with Crippen molar-refractivity contribution in [3.63, 3.8) is 0 Å². The summed E-state index contributed by atoms with van der Waals surface area (Å²) in [6, 6.07) is 13.8. The van der Waals surface area contributed by atoms with E-state index in [4.69, 9.17) is 21.7 Å². The van der Waals surface area contributed by atoms with Gasteiger partial charge in [0.05, 0.1) is 17.7 Å². The largest absolute Gasteiger partial charge is 0.463 e. The zero-order chi connectivity index (χ0) is 22.7. The maximum absolute atomic E-state index is 12.9. The van der Waals surface area contributed by atoms with Gasteiger partial charge >= 0.3 is 0 Å². The van der Waals surface area contributed by atoms with Crippen LogP contribution in [0.2, 0.25) is 5.02 Å². The number of rotatable bonds is 6. The van der Waals surface area contributed by atoms with Gasteiger partial charge in [0.1, 0.15) is 6.61 Å². The summed E-state index contributed by atoms with van der Waals surface area (Å²) in [6.45, 7) is 4.76. The summed E-state index contributed by atoms with van der Waals surface area (Å²) < 4.78 is 6.70. The molecule has 4 rings (SSSR count). The number of anilines is 3. The summed E-state index contributed by atoms with van der Waals surface area (Å²) in [5.41, 5.74) is 2.32. The molecule has 0 spiro atoms. The SMILES string of the molecule is C=Cn1cc(C(=O)Nc2ccc(Cl)cc2)c(C(=O)Nc2ccc(N3CCOC3=N)cc2)c1. The van der Waals surface area contributed by atoms with Crippen molar-refractivity contribution in [1.29, 1.82) is 5.41 Å². The van der Waals surface area contributed by atoms with Gasteiger partial charge in [-0.3, -0.25) is 19.9 Å². The van der Waals surface area contributed by atoms with Crippen molar-refractivity contribution in [1.82, 2.24) is 4.57 Å². The Balaban J connectivity index is 1.51. The number of hydrogen-bond acceptors (Lipinski definition) is 4. The van der Waals surface area contributed by atoms with Crippen molar-refractivity contribution in [2.24, 2.45) is 0 Å². The van der Waals surface area contributed by atoms with Crippen LogP contribution in [0.4, 0.5) is 17.1 Å². The third kappa shape index (κ3) is 4.50. The first-order chi connectivity index (χ1) is 15.4. The number of aromatic nitrogens is 1. The van der Waals surface area contributed by atoms with Crippen LogP contribution in [0.25, 0.3) is 6.20 Å². The molecule has 2 amide bonds. The first-order valence-corrected chi connectivity index (χ1v) is 10.1. The third-order valence-electron chi connectivity index (χ3n) is 4.88. The average molecular weight is 450 g/mol. The molecule has 9 heteroatoms. The molecule has 8 nitrogen and oxygen atoms in total. The van der Waals surface area contributed by atoms with E-state index in [1.165, 1.54) is 18.6 Å². The molecule has 1 saturated heterocycles. The second-order valence-electron chi connectivity index (χ2n) is 6.98. The molecule has 2 heterocycles. The molecule has 1 aromatic heterocycles. The molecule has 0 saturated carbocycles. The second kappa shape index (κ2) is 8.99. The summed E-state index contributed by atoms with van der Waals surface area (Å²) in [5, 5.41) is 13.9. The molecular weight excluding hydrogens is 430 g/mol. The van der Waals surface area contributed by atoms with Crippen LogP contribution in [0.5, 0.6) is 0 Å². The number of amides is 2. The highest BCUT2D eigenvalue weighted by Gasteiger charge is 2.22. The number of ether oxygens (including phenoxy) is 1. The summed E-state index contributed by atoms with van der Waals surface area (Å²) in [7, 11) is 0. The molecule has 3 N–H and O–H groups in total. The van der Waals surface area contributed by atoms with Crippen molar-refractivity contribution < 1.29 is 14.3 Å². The molecule has 1 aliphatic heterocycles. The Labute approximate surface area is 189 Å². The van der Waals surface area contributed by atoms with Gasteiger partial charge in [-0.15, -0.1) is 0 Å². The van der Waals surface area contributed by atoms with Crippen LogP contribution in [-0.4, -0.2) is 35.6 Å². The van der Waals surface area contributed by atoms with Gasteiger partial charge in [-0.1, -0.05) is 18.2 Å². The summed E-state index contributed by atoms with van der Waals surface area (Å²) in [5.74, 6) is -0.863. The van der Waals surface area contributed by atoms with Gasteiger partial charge in [-0.05, 0) is 48.5 Å². The Hall–Kier alpha value is -4.04. The number of nitrogens with zero attached hydrogens (tertiary/aromatic N) is 2. The normalized spacial score (nSPS) is 12.9. The van der Waals surface area contributed by atoms with Crippen LogP contribution in [0.1, 0.15) is 20.7 Å². The Morgan fingerprint density at radius 3 is 1.97 bits per heavy atom. The van der Waals surface area contributed by atoms with Crippen LogP contribution in [0.3, 0.4) is 0 Å². The van der Waals surface area contributed by atoms with E-state index in [0.717, 1.165) is 5.69 Å². The molecule has 0 aliphatic carbocycles. The minimum absolute atomic E-state index is 0.101. The molecule has 1 aliphatic rings. The molecule has 2 aromatic carbocycles. The second-order valence-corrected chi connectivity index (χ2v) is 7.42. The van der Waals surface area contributed by atoms with Crippen LogP contribution < -0.4 is 15.5 Å². The van der Waals surface area contributed by atoms with E-state index in [0.29, 0.717) is 29.5 Å². The number of nitrogens with one attached hydrogen (secondary N) is 3. The number of benzene rings is 2. The highest BCUT2D eigenvalue weighted by molar-refractivity contribution is 6.30. The fourth-order valence-corrected chi connectivity index (χ4v) is 3.38. The van der Waals surface area contributed by atoms with Crippen molar-refractivity contribution in [3.8, 4) is 0 Å². The fraction of sp³-hybridized carbons (Fsp3) is 0.0870. The van der Waals surface area contributed by atoms with Gasteiger partial charge in [0, 0.05) is 40.7 Å². The molecule has 1 fully saturated rings. The van der Waals surface area contributed by atoms with Crippen LogP contribution in [0, 0.1) is 5.41 Å². The van der Waals surface area contributed by atoms with Crippen LogP contribution in [0.15, 0.2) is 67.5 Å². The smallest absolute Gasteiger partial charge is 0.289 e. The third-order valence-corrected chi connectivity index (χ3v) is 5.14. The predicted octanol–water partition coefficient (Wildman–Crippen LogP) is 4.52. The first kappa shape index (κ1) is 21.2. The molecule has 32 heavy (non-hydrogen) atoms. The summed E-state index contributed by atoms with van der Waals surface area (Å²) in [4.78, 5) is 27.5. The maximum atomic E-state index is 12.9. The number of carbonyl (C=O) groups excluding carboxylic acids is 2. The monoisotopic (exact) mass is 449 g/mol. The molecule has 162 valence electrons. The molecule has 0 radical (unpaired) electrons. The van der Waals surface area contributed by atoms with Gasteiger partial charge in [-0.2, -0.15) is 0 Å². The molecule has 3 aromatic rings. The van der Waals surface area contributed by atoms with E-state index in [-0.39, 0.29) is 17.1 Å². The number of halogens is 1. The van der Waals surface area contributed by atoms with Gasteiger partial charge in [0.15, 0.2) is 0 Å². The molecule has 0 bridgehead atoms. The zero-order valence-electron chi connectivity index (χ0n) is 17.0. The Kier molecular flexibility index (Phi) is 5.96. The van der Waals surface area contributed by atoms with Gasteiger partial charge in [-0.25, -0.2) is 0 Å². The zero-order valence-corrected chi connectivity index (χ0v) is 17.7. The van der Waals surface area contributed by atoms with Crippen molar-refractivity contribution in [2.45, 2.75) is 0 Å². The lowest BCUT2D eigenvalue weighted by Gasteiger charge is -2.15.